The number of ketones is 2. The van der Waals surface area contributed by atoms with Gasteiger partial charge in [-0.3, -0.25) is 29.1 Å². The number of nitrogens with one attached hydrogen (secondary N) is 1. The number of ether oxygens (including phenoxy) is 6. The maximum atomic E-state index is 12.8. The summed E-state index contributed by atoms with van der Waals surface area (Å²) in [5.41, 5.74) is 0. The van der Waals surface area contributed by atoms with Crippen molar-refractivity contribution < 1.29 is 42.8 Å². The van der Waals surface area contributed by atoms with E-state index in [1.54, 1.807) is 6.92 Å². The van der Waals surface area contributed by atoms with Gasteiger partial charge in [0.15, 0.2) is 0 Å². The fraction of sp³-hybridized carbons (Fsp3) is 0.925. The van der Waals surface area contributed by atoms with Gasteiger partial charge in [0.25, 0.3) is 0 Å². The Morgan fingerprint density at radius 2 is 0.719 bits per heavy atom. The highest BCUT2D eigenvalue weighted by Crippen LogP contribution is 1.99. The lowest BCUT2D eigenvalue weighted by Crippen LogP contribution is -2.41. The average Bonchev–Trinajstić information content (AvgIpc) is 3.12. The average molecular weight is 821 g/mol. The van der Waals surface area contributed by atoms with Crippen molar-refractivity contribution in [3.63, 3.8) is 0 Å². The molecule has 0 aromatic carbocycles. The van der Waals surface area contributed by atoms with Crippen LogP contribution in [0.3, 0.4) is 0 Å². The first-order chi connectivity index (χ1) is 27.3. The molecule has 0 fully saturated rings. The van der Waals surface area contributed by atoms with E-state index in [9.17, 15) is 14.4 Å². The Bertz CT molecular complexity index is 864. The maximum Gasteiger partial charge on any atom is 0.234 e. The van der Waals surface area contributed by atoms with Crippen LogP contribution in [0.5, 0.6) is 0 Å². The summed E-state index contributed by atoms with van der Waals surface area (Å²) in [6, 6.07) is 0. The Kier molecular flexibility index (Phi) is 37.3. The summed E-state index contributed by atoms with van der Waals surface area (Å²) >= 11 is 0. The van der Waals surface area contributed by atoms with Crippen LogP contribution >= 0.6 is 0 Å². The van der Waals surface area contributed by atoms with E-state index in [-0.39, 0.29) is 24.0 Å². The third kappa shape index (κ3) is 40.8. The number of likely N-dealkylation sites (N-methyl/N-ethyl adjacent to an activating group) is 4. The number of rotatable bonds is 43. The first-order valence-electron chi connectivity index (χ1n) is 20.8. The van der Waals surface area contributed by atoms with Gasteiger partial charge in [0.2, 0.25) is 5.91 Å². The monoisotopic (exact) mass is 821 g/mol. The van der Waals surface area contributed by atoms with Crippen LogP contribution in [0.1, 0.15) is 19.8 Å². The van der Waals surface area contributed by atoms with Gasteiger partial charge in [-0.2, -0.15) is 0 Å². The molecule has 0 aromatic rings. The fourth-order valence-corrected chi connectivity index (χ4v) is 5.11. The Balaban J connectivity index is 4.43. The molecule has 57 heavy (non-hydrogen) atoms. The maximum absolute atomic E-state index is 12.8. The number of nitrogens with zero attached hydrogens (tertiary/aromatic N) is 7. The molecule has 1 N–H and O–H groups in total. The van der Waals surface area contributed by atoms with Gasteiger partial charge < -0.3 is 53.3 Å². The van der Waals surface area contributed by atoms with E-state index in [1.165, 1.54) is 0 Å². The van der Waals surface area contributed by atoms with E-state index in [1.807, 2.05) is 66.2 Å². The number of carbonyl (C=O) groups is 3. The molecule has 0 unspecified atom stereocenters. The highest BCUT2D eigenvalue weighted by atomic mass is 16.5. The Morgan fingerprint density at radius 1 is 0.404 bits per heavy atom. The molecular formula is C40H84N8O9. The molecule has 0 bridgehead atoms. The predicted molar refractivity (Wildman–Crippen MR) is 226 cm³/mol. The minimum atomic E-state index is -0.0731. The van der Waals surface area contributed by atoms with Crippen molar-refractivity contribution in [2.24, 2.45) is 0 Å². The second-order valence-corrected chi connectivity index (χ2v) is 15.4. The number of hydrogen-bond acceptors (Lipinski definition) is 16. The number of amides is 1. The molecule has 17 heteroatoms. The molecular weight excluding hydrogens is 736 g/mol. The van der Waals surface area contributed by atoms with E-state index in [0.717, 1.165) is 26.2 Å². The summed E-state index contributed by atoms with van der Waals surface area (Å²) in [5.74, 6) is 0.168. The van der Waals surface area contributed by atoms with Crippen LogP contribution in [-0.4, -0.2) is 279 Å². The van der Waals surface area contributed by atoms with Crippen molar-refractivity contribution in [1.82, 2.24) is 39.6 Å². The zero-order valence-corrected chi connectivity index (χ0v) is 37.6. The summed E-state index contributed by atoms with van der Waals surface area (Å²) in [6.45, 7) is 16.7. The summed E-state index contributed by atoms with van der Waals surface area (Å²) in [6.07, 6.45) is 1.08. The van der Waals surface area contributed by atoms with Gasteiger partial charge in [-0.25, -0.2) is 0 Å². The number of Topliss-reactive ketones (excluding diaryl/α,β-unsaturated/α-hetero) is 2. The highest BCUT2D eigenvalue weighted by Gasteiger charge is 2.13. The van der Waals surface area contributed by atoms with E-state index in [0.29, 0.717) is 151 Å². The van der Waals surface area contributed by atoms with Gasteiger partial charge in [-0.05, 0) is 69.7 Å². The van der Waals surface area contributed by atoms with Crippen LogP contribution in [0.4, 0.5) is 0 Å². The quantitative estimate of drug-likeness (QED) is 0.0775. The van der Waals surface area contributed by atoms with E-state index in [4.69, 9.17) is 28.4 Å². The molecule has 338 valence electrons. The highest BCUT2D eigenvalue weighted by molar-refractivity contribution is 5.80. The zero-order chi connectivity index (χ0) is 42.5. The molecule has 0 aliphatic rings. The standard InChI is InChI=1S/C40H84N8O9/c1-38(49)35-46(17-29-52-23-10-11-39(50)36-47(19-31-54-25-13-42(2)3)20-32-55-26-14-43(4)5)18-30-53-24-12-41-40(51)37-48(21-33-56-27-15-44(6)7)22-34-57-28-16-45(8)9/h10-37H2,1-9H3,(H,41,51). The molecule has 0 aliphatic heterocycles. The largest absolute Gasteiger partial charge is 0.380 e. The summed E-state index contributed by atoms with van der Waals surface area (Å²) in [5, 5.41) is 2.94. The first kappa shape index (κ1) is 55.3. The second-order valence-electron chi connectivity index (χ2n) is 15.4. The molecule has 0 saturated carbocycles. The molecule has 0 aromatic heterocycles. The van der Waals surface area contributed by atoms with Gasteiger partial charge in [0, 0.05) is 85.0 Å². The minimum Gasteiger partial charge on any atom is -0.380 e. The number of carbonyl (C=O) groups excluding carboxylic acids is 3. The lowest BCUT2D eigenvalue weighted by molar-refractivity contribution is -0.123. The first-order valence-corrected chi connectivity index (χ1v) is 20.8. The Labute approximate surface area is 346 Å². The van der Waals surface area contributed by atoms with Crippen LogP contribution in [0, 0.1) is 0 Å². The van der Waals surface area contributed by atoms with Crippen LogP contribution in [0.2, 0.25) is 0 Å². The molecule has 0 aliphatic carbocycles. The topological polar surface area (TPSA) is 141 Å². The molecule has 0 saturated heterocycles. The number of hydrogen-bond donors (Lipinski definition) is 1. The zero-order valence-electron chi connectivity index (χ0n) is 37.6. The van der Waals surface area contributed by atoms with Gasteiger partial charge in [-0.1, -0.05) is 0 Å². The molecule has 17 nitrogen and oxygen atoms in total. The van der Waals surface area contributed by atoms with Gasteiger partial charge >= 0.3 is 0 Å². The molecule has 0 spiro atoms. The van der Waals surface area contributed by atoms with Crippen LogP contribution < -0.4 is 5.32 Å². The SMILES string of the molecule is CC(=O)CN(CCOCCCC(=O)CN(CCOCCN(C)C)CCOCCN(C)C)CCOCCNC(=O)CN(CCOCCN(C)C)CCOCCN(C)C. The van der Waals surface area contributed by atoms with Gasteiger partial charge in [-0.15, -0.1) is 0 Å². The molecule has 0 rings (SSSR count). The van der Waals surface area contributed by atoms with Crippen molar-refractivity contribution in [2.45, 2.75) is 19.8 Å². The molecule has 0 heterocycles. The lowest BCUT2D eigenvalue weighted by atomic mass is 10.2. The lowest BCUT2D eigenvalue weighted by Gasteiger charge is -2.22. The molecule has 1 amide bonds. The summed E-state index contributed by atoms with van der Waals surface area (Å²) < 4.78 is 34.7. The Morgan fingerprint density at radius 3 is 1.09 bits per heavy atom. The summed E-state index contributed by atoms with van der Waals surface area (Å²) in [7, 11) is 16.1. The van der Waals surface area contributed by atoms with Crippen molar-refractivity contribution >= 4 is 17.5 Å². The normalized spacial score (nSPS) is 12.1. The third-order valence-corrected chi connectivity index (χ3v) is 8.57. The van der Waals surface area contributed by atoms with Crippen LogP contribution in [0.25, 0.3) is 0 Å². The molecule has 0 radical (unpaired) electrons. The third-order valence-electron chi connectivity index (χ3n) is 8.57. The van der Waals surface area contributed by atoms with E-state index in [2.05, 4.69) is 29.8 Å². The van der Waals surface area contributed by atoms with Crippen molar-refractivity contribution in [2.75, 3.05) is 227 Å². The Hall–Kier alpha value is -1.71. The second kappa shape index (κ2) is 38.5. The van der Waals surface area contributed by atoms with Crippen molar-refractivity contribution in [3.8, 4) is 0 Å². The summed E-state index contributed by atoms with van der Waals surface area (Å²) in [4.78, 5) is 51.9. The minimum absolute atomic E-state index is 0.0689. The van der Waals surface area contributed by atoms with E-state index >= 15 is 0 Å². The van der Waals surface area contributed by atoms with Gasteiger partial charge in [0.1, 0.15) is 11.6 Å². The van der Waals surface area contributed by atoms with Gasteiger partial charge in [0.05, 0.1) is 92.3 Å². The van der Waals surface area contributed by atoms with Crippen molar-refractivity contribution in [3.05, 3.63) is 0 Å². The van der Waals surface area contributed by atoms with E-state index < -0.39 is 0 Å². The van der Waals surface area contributed by atoms with Crippen molar-refractivity contribution in [1.29, 1.82) is 0 Å². The fourth-order valence-electron chi connectivity index (χ4n) is 5.11. The van der Waals surface area contributed by atoms with Crippen LogP contribution in [0.15, 0.2) is 0 Å². The predicted octanol–water partition coefficient (Wildman–Crippen LogP) is -0.707. The molecule has 0 atom stereocenters. The smallest absolute Gasteiger partial charge is 0.234 e. The van der Waals surface area contributed by atoms with Crippen LogP contribution in [-0.2, 0) is 42.8 Å².